The lowest BCUT2D eigenvalue weighted by Gasteiger charge is -2.23. The molecule has 0 amide bonds. The molecule has 0 spiro atoms. The summed E-state index contributed by atoms with van der Waals surface area (Å²) in [5.41, 5.74) is 0.803. The van der Waals surface area contributed by atoms with E-state index in [1.54, 1.807) is 12.1 Å². The zero-order valence-corrected chi connectivity index (χ0v) is 10.7. The predicted octanol–water partition coefficient (Wildman–Crippen LogP) is 4.06. The van der Waals surface area contributed by atoms with Crippen molar-refractivity contribution in [2.24, 2.45) is 5.92 Å². The van der Waals surface area contributed by atoms with Crippen molar-refractivity contribution in [1.29, 1.82) is 0 Å². The monoisotopic (exact) mass is 235 g/mol. The topological polar surface area (TPSA) is 12.0 Å². The maximum absolute atomic E-state index is 13.7. The van der Waals surface area contributed by atoms with Gasteiger partial charge in [-0.05, 0) is 31.7 Å². The molecule has 0 heterocycles. The lowest BCUT2D eigenvalue weighted by molar-refractivity contribution is 0.403. The van der Waals surface area contributed by atoms with Gasteiger partial charge in [0.15, 0.2) is 0 Å². The minimum Gasteiger partial charge on any atom is -0.307 e. The van der Waals surface area contributed by atoms with Crippen molar-refractivity contribution < 1.29 is 4.39 Å². The van der Waals surface area contributed by atoms with Gasteiger partial charge in [0.2, 0.25) is 0 Å². The molecule has 1 N–H and O–H groups in total. The molecule has 0 bridgehead atoms. The second-order valence-electron chi connectivity index (χ2n) is 5.23. The lowest BCUT2D eigenvalue weighted by Crippen LogP contribution is -2.31. The molecule has 0 saturated heterocycles. The van der Waals surface area contributed by atoms with Crippen LogP contribution in [-0.4, -0.2) is 6.04 Å². The zero-order valence-electron chi connectivity index (χ0n) is 10.7. The van der Waals surface area contributed by atoms with Gasteiger partial charge in [0.1, 0.15) is 5.82 Å². The van der Waals surface area contributed by atoms with Crippen LogP contribution in [-0.2, 0) is 0 Å². The summed E-state index contributed by atoms with van der Waals surface area (Å²) in [6.07, 6.45) is 4.91. The highest BCUT2D eigenvalue weighted by Gasteiger charge is 2.25. The Kier molecular flexibility index (Phi) is 4.16. The SMILES string of the molecule is CCC(NC(C)CC1CC1)c1ccccc1F. The summed E-state index contributed by atoms with van der Waals surface area (Å²) < 4.78 is 13.7. The van der Waals surface area contributed by atoms with Gasteiger partial charge in [0, 0.05) is 17.6 Å². The molecular formula is C15H22FN. The highest BCUT2D eigenvalue weighted by Crippen LogP contribution is 2.34. The molecule has 1 aromatic rings. The fourth-order valence-corrected chi connectivity index (χ4v) is 2.45. The summed E-state index contributed by atoms with van der Waals surface area (Å²) >= 11 is 0. The highest BCUT2D eigenvalue weighted by atomic mass is 19.1. The van der Waals surface area contributed by atoms with E-state index in [2.05, 4.69) is 19.2 Å². The van der Waals surface area contributed by atoms with Gasteiger partial charge in [-0.2, -0.15) is 0 Å². The number of hydrogen-bond acceptors (Lipinski definition) is 1. The van der Waals surface area contributed by atoms with Crippen LogP contribution in [0.5, 0.6) is 0 Å². The predicted molar refractivity (Wildman–Crippen MR) is 69.4 cm³/mol. The molecule has 94 valence electrons. The average Bonchev–Trinajstić information content (AvgIpc) is 3.11. The van der Waals surface area contributed by atoms with Gasteiger partial charge in [-0.1, -0.05) is 38.0 Å². The summed E-state index contributed by atoms with van der Waals surface area (Å²) in [6, 6.07) is 7.72. The van der Waals surface area contributed by atoms with Crippen molar-refractivity contribution >= 4 is 0 Å². The van der Waals surface area contributed by atoms with E-state index in [-0.39, 0.29) is 11.9 Å². The quantitative estimate of drug-likeness (QED) is 0.784. The third kappa shape index (κ3) is 3.53. The maximum Gasteiger partial charge on any atom is 0.127 e. The molecule has 2 atom stereocenters. The maximum atomic E-state index is 13.7. The van der Waals surface area contributed by atoms with Crippen molar-refractivity contribution in [2.45, 2.75) is 51.6 Å². The first kappa shape index (κ1) is 12.6. The fourth-order valence-electron chi connectivity index (χ4n) is 2.45. The first-order valence-electron chi connectivity index (χ1n) is 6.71. The number of hydrogen-bond donors (Lipinski definition) is 1. The van der Waals surface area contributed by atoms with E-state index in [1.165, 1.54) is 19.3 Å². The summed E-state index contributed by atoms with van der Waals surface area (Å²) in [5.74, 6) is 0.820. The Morgan fingerprint density at radius 3 is 2.65 bits per heavy atom. The van der Waals surface area contributed by atoms with E-state index in [0.717, 1.165) is 17.9 Å². The fraction of sp³-hybridized carbons (Fsp3) is 0.600. The van der Waals surface area contributed by atoms with Crippen molar-refractivity contribution in [2.75, 3.05) is 0 Å². The van der Waals surface area contributed by atoms with Crippen LogP contribution in [0.3, 0.4) is 0 Å². The smallest absolute Gasteiger partial charge is 0.127 e. The second-order valence-corrected chi connectivity index (χ2v) is 5.23. The second kappa shape index (κ2) is 5.63. The molecule has 1 aliphatic rings. The highest BCUT2D eigenvalue weighted by molar-refractivity contribution is 5.21. The number of halogens is 1. The minimum absolute atomic E-state index is 0.0922. The summed E-state index contributed by atoms with van der Waals surface area (Å²) in [5, 5.41) is 3.56. The Morgan fingerprint density at radius 2 is 2.06 bits per heavy atom. The van der Waals surface area contributed by atoms with E-state index in [1.807, 2.05) is 12.1 Å². The molecule has 2 rings (SSSR count). The Hall–Kier alpha value is -0.890. The van der Waals surface area contributed by atoms with Crippen molar-refractivity contribution in [1.82, 2.24) is 5.32 Å². The molecule has 1 saturated carbocycles. The molecule has 2 unspecified atom stereocenters. The minimum atomic E-state index is -0.0922. The van der Waals surface area contributed by atoms with E-state index in [4.69, 9.17) is 0 Å². The van der Waals surface area contributed by atoms with E-state index in [9.17, 15) is 4.39 Å². The van der Waals surface area contributed by atoms with Gasteiger partial charge in [0.05, 0.1) is 0 Å². The first-order chi connectivity index (χ1) is 8.20. The largest absolute Gasteiger partial charge is 0.307 e. The van der Waals surface area contributed by atoms with Crippen LogP contribution in [0.4, 0.5) is 4.39 Å². The van der Waals surface area contributed by atoms with Gasteiger partial charge in [-0.3, -0.25) is 0 Å². The average molecular weight is 235 g/mol. The molecule has 0 radical (unpaired) electrons. The van der Waals surface area contributed by atoms with E-state index in [0.29, 0.717) is 6.04 Å². The molecule has 0 aliphatic heterocycles. The molecule has 2 heteroatoms. The van der Waals surface area contributed by atoms with Gasteiger partial charge in [-0.15, -0.1) is 0 Å². The summed E-state index contributed by atoms with van der Waals surface area (Å²) in [4.78, 5) is 0. The van der Waals surface area contributed by atoms with E-state index >= 15 is 0 Å². The van der Waals surface area contributed by atoms with Crippen LogP contribution < -0.4 is 5.32 Å². The normalized spacial score (nSPS) is 19.0. The number of nitrogens with one attached hydrogen (secondary N) is 1. The lowest BCUT2D eigenvalue weighted by atomic mass is 10.0. The van der Waals surface area contributed by atoms with Gasteiger partial charge >= 0.3 is 0 Å². The standard InChI is InChI=1S/C15H22FN/c1-3-15(13-6-4-5-7-14(13)16)17-11(2)10-12-8-9-12/h4-7,11-12,15,17H,3,8-10H2,1-2H3. The Labute approximate surface area is 103 Å². The molecule has 1 nitrogen and oxygen atoms in total. The molecule has 17 heavy (non-hydrogen) atoms. The Bertz CT molecular complexity index is 360. The molecule has 1 aliphatic carbocycles. The van der Waals surface area contributed by atoms with Crippen LogP contribution >= 0.6 is 0 Å². The van der Waals surface area contributed by atoms with Crippen molar-refractivity contribution in [3.8, 4) is 0 Å². The third-order valence-corrected chi connectivity index (χ3v) is 3.56. The zero-order chi connectivity index (χ0) is 12.3. The van der Waals surface area contributed by atoms with Crippen LogP contribution in [0.25, 0.3) is 0 Å². The third-order valence-electron chi connectivity index (χ3n) is 3.56. The molecule has 1 aromatic carbocycles. The number of benzene rings is 1. The summed E-state index contributed by atoms with van der Waals surface area (Å²) in [7, 11) is 0. The van der Waals surface area contributed by atoms with Crippen LogP contribution in [0, 0.1) is 11.7 Å². The van der Waals surface area contributed by atoms with Gasteiger partial charge < -0.3 is 5.32 Å². The van der Waals surface area contributed by atoms with Crippen LogP contribution in [0.2, 0.25) is 0 Å². The first-order valence-corrected chi connectivity index (χ1v) is 6.71. The summed E-state index contributed by atoms with van der Waals surface area (Å²) in [6.45, 7) is 4.32. The molecule has 1 fully saturated rings. The van der Waals surface area contributed by atoms with Gasteiger partial charge in [0.25, 0.3) is 0 Å². The van der Waals surface area contributed by atoms with Crippen molar-refractivity contribution in [3.63, 3.8) is 0 Å². The molecular weight excluding hydrogens is 213 g/mol. The molecule has 0 aromatic heterocycles. The van der Waals surface area contributed by atoms with Crippen LogP contribution in [0.1, 0.15) is 51.1 Å². The van der Waals surface area contributed by atoms with Crippen LogP contribution in [0.15, 0.2) is 24.3 Å². The van der Waals surface area contributed by atoms with E-state index < -0.39 is 0 Å². The Balaban J connectivity index is 1.97. The van der Waals surface area contributed by atoms with Gasteiger partial charge in [-0.25, -0.2) is 4.39 Å². The van der Waals surface area contributed by atoms with Crippen molar-refractivity contribution in [3.05, 3.63) is 35.6 Å². The number of rotatable bonds is 6. The Morgan fingerprint density at radius 1 is 1.35 bits per heavy atom.